The number of aromatic nitrogens is 3. The summed E-state index contributed by atoms with van der Waals surface area (Å²) < 4.78 is 0. The molecule has 5 rings (SSSR count). The van der Waals surface area contributed by atoms with Crippen molar-refractivity contribution in [2.24, 2.45) is 5.92 Å². The van der Waals surface area contributed by atoms with E-state index < -0.39 is 11.9 Å². The third-order valence-electron chi connectivity index (χ3n) is 6.21. The molecule has 2 aliphatic heterocycles. The number of carbonyl (C=O) groups excluding carboxylic acids is 2. The molecule has 0 unspecified atom stereocenters. The average molecular weight is 537 g/mol. The van der Waals surface area contributed by atoms with E-state index in [1.807, 2.05) is 16.8 Å². The molecule has 3 aromatic heterocycles. The molecule has 3 aromatic rings. The molecule has 0 radical (unpaired) electrons. The molecule has 12 heteroatoms. The summed E-state index contributed by atoms with van der Waals surface area (Å²) >= 11 is 2.38. The van der Waals surface area contributed by atoms with Crippen molar-refractivity contribution < 1.29 is 19.5 Å². The highest BCUT2D eigenvalue weighted by Gasteiger charge is 2.26. The van der Waals surface area contributed by atoms with Crippen molar-refractivity contribution in [1.82, 2.24) is 25.6 Å². The van der Waals surface area contributed by atoms with E-state index in [4.69, 9.17) is 0 Å². The number of piperidine rings is 1. The Labute approximate surface area is 221 Å². The smallest absolute Gasteiger partial charge is 0.337 e. The third-order valence-corrected chi connectivity index (χ3v) is 7.71. The molecule has 37 heavy (non-hydrogen) atoms. The zero-order valence-corrected chi connectivity index (χ0v) is 21.3. The Morgan fingerprint density at radius 3 is 2.78 bits per heavy atom. The summed E-state index contributed by atoms with van der Waals surface area (Å²) in [5, 5.41) is 18.7. The van der Waals surface area contributed by atoms with Crippen LogP contribution >= 0.6 is 23.1 Å². The number of carboxylic acids is 1. The van der Waals surface area contributed by atoms with E-state index in [1.54, 1.807) is 30.6 Å². The van der Waals surface area contributed by atoms with Crippen LogP contribution in [0.15, 0.2) is 46.3 Å². The molecule has 0 aliphatic carbocycles. The molecule has 2 fully saturated rings. The molecule has 0 aromatic carbocycles. The van der Waals surface area contributed by atoms with Crippen LogP contribution in [0.5, 0.6) is 0 Å². The number of thiophene rings is 1. The van der Waals surface area contributed by atoms with E-state index in [2.05, 4.69) is 30.5 Å². The summed E-state index contributed by atoms with van der Waals surface area (Å²) in [5.74, 6) is -0.308. The van der Waals surface area contributed by atoms with E-state index in [9.17, 15) is 19.5 Å². The first-order chi connectivity index (χ1) is 18.0. The van der Waals surface area contributed by atoms with Gasteiger partial charge < -0.3 is 15.3 Å². The van der Waals surface area contributed by atoms with Gasteiger partial charge in [0, 0.05) is 43.0 Å². The van der Waals surface area contributed by atoms with Crippen molar-refractivity contribution >= 4 is 52.2 Å². The number of pyridine rings is 1. The van der Waals surface area contributed by atoms with Gasteiger partial charge in [0.05, 0.1) is 21.9 Å². The number of anilines is 1. The Morgan fingerprint density at radius 2 is 2.08 bits per heavy atom. The summed E-state index contributed by atoms with van der Waals surface area (Å²) in [6.07, 6.45) is 6.92. The van der Waals surface area contributed by atoms with Crippen molar-refractivity contribution in [2.45, 2.75) is 19.4 Å². The molecule has 2 amide bonds. The molecule has 5 heterocycles. The molecule has 3 N–H and O–H groups in total. The van der Waals surface area contributed by atoms with Gasteiger partial charge in [0.1, 0.15) is 0 Å². The normalized spacial score (nSPS) is 17.4. The number of thioether (sulfide) groups is 1. The van der Waals surface area contributed by atoms with Gasteiger partial charge in [0.15, 0.2) is 0 Å². The summed E-state index contributed by atoms with van der Waals surface area (Å²) in [6.45, 7) is 2.97. The second-order valence-corrected chi connectivity index (χ2v) is 10.5. The molecular formula is C25H24N6O4S2. The number of rotatable bonds is 8. The second kappa shape index (κ2) is 11.2. The number of aromatic carboxylic acids is 1. The number of hydrogen-bond donors (Lipinski definition) is 3. The number of imide groups is 1. The van der Waals surface area contributed by atoms with Gasteiger partial charge in [0.2, 0.25) is 5.95 Å². The lowest BCUT2D eigenvalue weighted by Crippen LogP contribution is -2.38. The highest BCUT2D eigenvalue weighted by atomic mass is 32.2. The zero-order valence-electron chi connectivity index (χ0n) is 19.7. The predicted octanol–water partition coefficient (Wildman–Crippen LogP) is 3.63. The summed E-state index contributed by atoms with van der Waals surface area (Å²) in [6, 6.07) is 5.28. The largest absolute Gasteiger partial charge is 0.478 e. The van der Waals surface area contributed by atoms with Gasteiger partial charge in [-0.05, 0) is 72.3 Å². The lowest BCUT2D eigenvalue weighted by molar-refractivity contribution is -0.115. The average Bonchev–Trinajstić information content (AvgIpc) is 3.54. The SMILES string of the molecule is O=C1NC(=O)/C(=C\c2ccnc(N3CCC(CNCc4cnc(-c5ccsc5)c(C(=O)O)c4)CC3)n2)S1. The maximum atomic E-state index is 11.8. The van der Waals surface area contributed by atoms with Crippen molar-refractivity contribution in [3.05, 3.63) is 63.1 Å². The Balaban J connectivity index is 1.13. The van der Waals surface area contributed by atoms with Crippen LogP contribution < -0.4 is 15.5 Å². The van der Waals surface area contributed by atoms with Gasteiger partial charge in [-0.1, -0.05) is 0 Å². The van der Waals surface area contributed by atoms with Gasteiger partial charge in [-0.3, -0.25) is 19.9 Å². The lowest BCUT2D eigenvalue weighted by atomic mass is 9.97. The van der Waals surface area contributed by atoms with Crippen molar-refractivity contribution in [3.8, 4) is 11.3 Å². The Hall–Kier alpha value is -3.61. The first-order valence-corrected chi connectivity index (χ1v) is 13.5. The number of amides is 2. The van der Waals surface area contributed by atoms with Gasteiger partial charge in [0.25, 0.3) is 11.1 Å². The third kappa shape index (κ3) is 6.04. The highest BCUT2D eigenvalue weighted by Crippen LogP contribution is 2.27. The lowest BCUT2D eigenvalue weighted by Gasteiger charge is -2.32. The summed E-state index contributed by atoms with van der Waals surface area (Å²) in [7, 11) is 0. The van der Waals surface area contributed by atoms with E-state index in [0.717, 1.165) is 55.4 Å². The van der Waals surface area contributed by atoms with Gasteiger partial charge >= 0.3 is 5.97 Å². The number of carbonyl (C=O) groups is 3. The Bertz CT molecular complexity index is 1350. The van der Waals surface area contributed by atoms with Crippen molar-refractivity contribution in [1.29, 1.82) is 0 Å². The van der Waals surface area contributed by atoms with Crippen LogP contribution in [0.25, 0.3) is 17.3 Å². The van der Waals surface area contributed by atoms with Crippen LogP contribution in [-0.4, -0.2) is 56.8 Å². The molecule has 0 bridgehead atoms. The maximum Gasteiger partial charge on any atom is 0.337 e. The van der Waals surface area contributed by atoms with E-state index in [1.165, 1.54) is 11.3 Å². The van der Waals surface area contributed by atoms with E-state index >= 15 is 0 Å². The molecule has 0 saturated carbocycles. The molecule has 10 nitrogen and oxygen atoms in total. The predicted molar refractivity (Wildman–Crippen MR) is 142 cm³/mol. The minimum Gasteiger partial charge on any atom is -0.478 e. The topological polar surface area (TPSA) is 137 Å². The van der Waals surface area contributed by atoms with E-state index in [-0.39, 0.29) is 10.8 Å². The van der Waals surface area contributed by atoms with Crippen LogP contribution in [0.1, 0.15) is 34.5 Å². The number of nitrogens with one attached hydrogen (secondary N) is 2. The molecule has 2 aliphatic rings. The second-order valence-electron chi connectivity index (χ2n) is 8.75. The van der Waals surface area contributed by atoms with Crippen LogP contribution in [-0.2, 0) is 11.3 Å². The van der Waals surface area contributed by atoms with Gasteiger partial charge in [-0.25, -0.2) is 14.8 Å². The fraction of sp³-hybridized carbons (Fsp3) is 0.280. The van der Waals surface area contributed by atoms with Crippen LogP contribution in [0.3, 0.4) is 0 Å². The maximum absolute atomic E-state index is 11.8. The molecular weight excluding hydrogens is 512 g/mol. The summed E-state index contributed by atoms with van der Waals surface area (Å²) in [4.78, 5) is 50.7. The minimum atomic E-state index is -0.982. The fourth-order valence-electron chi connectivity index (χ4n) is 4.30. The standard InChI is InChI=1S/C25H24N6O4S2/c32-22-20(37-25(35)30-22)10-18-1-5-27-24(29-18)31-6-2-15(3-7-31)11-26-12-16-9-19(23(33)34)21(28-13-16)17-4-8-36-14-17/h1,4-5,8-10,13-15,26H,2-3,6-7,11-12H2,(H,33,34)(H,30,32,35)/b20-10+. The number of hydrogen-bond acceptors (Lipinski definition) is 10. The molecule has 0 spiro atoms. The minimum absolute atomic E-state index is 0.211. The van der Waals surface area contributed by atoms with E-state index in [0.29, 0.717) is 34.7 Å². The highest BCUT2D eigenvalue weighted by molar-refractivity contribution is 8.18. The Kier molecular flexibility index (Phi) is 7.58. The fourth-order valence-corrected chi connectivity index (χ4v) is 5.61. The van der Waals surface area contributed by atoms with Crippen LogP contribution in [0, 0.1) is 5.92 Å². The van der Waals surface area contributed by atoms with Crippen LogP contribution in [0.2, 0.25) is 0 Å². The van der Waals surface area contributed by atoms with Gasteiger partial charge in [-0.2, -0.15) is 11.3 Å². The first kappa shape index (κ1) is 25.1. The van der Waals surface area contributed by atoms with Crippen molar-refractivity contribution in [2.75, 3.05) is 24.5 Å². The molecule has 190 valence electrons. The quantitative estimate of drug-likeness (QED) is 0.366. The summed E-state index contributed by atoms with van der Waals surface area (Å²) in [5.41, 5.74) is 2.94. The number of carboxylic acid groups (broad SMARTS) is 1. The monoisotopic (exact) mass is 536 g/mol. The molecule has 2 saturated heterocycles. The first-order valence-electron chi connectivity index (χ1n) is 11.7. The zero-order chi connectivity index (χ0) is 25.8. The van der Waals surface area contributed by atoms with Gasteiger partial charge in [-0.15, -0.1) is 0 Å². The Morgan fingerprint density at radius 1 is 1.24 bits per heavy atom. The number of nitrogens with zero attached hydrogens (tertiary/aromatic N) is 4. The van der Waals surface area contributed by atoms with Crippen molar-refractivity contribution in [3.63, 3.8) is 0 Å². The van der Waals surface area contributed by atoms with Crippen LogP contribution in [0.4, 0.5) is 10.7 Å². The molecule has 0 atom stereocenters.